The number of piperazine rings is 1. The third-order valence-corrected chi connectivity index (χ3v) is 6.22. The minimum atomic E-state index is -3.69. The number of benzene rings is 1. The van der Waals surface area contributed by atoms with E-state index in [1.54, 1.807) is 12.1 Å². The highest BCUT2D eigenvalue weighted by Gasteiger charge is 2.31. The van der Waals surface area contributed by atoms with Crippen LogP contribution in [0.1, 0.15) is 12.8 Å². The van der Waals surface area contributed by atoms with E-state index in [9.17, 15) is 18.0 Å². The van der Waals surface area contributed by atoms with Gasteiger partial charge in [-0.1, -0.05) is 23.7 Å². The molecule has 138 valence electrons. The van der Waals surface area contributed by atoms with Gasteiger partial charge in [0.15, 0.2) is 0 Å². The predicted octanol–water partition coefficient (Wildman–Crippen LogP) is 1.22. The van der Waals surface area contributed by atoms with Crippen molar-refractivity contribution in [3.63, 3.8) is 0 Å². The summed E-state index contributed by atoms with van der Waals surface area (Å²) in [7, 11) is -3.69. The largest absolute Gasteiger partial charge is 0.481 e. The normalized spacial score (nSPS) is 15.8. The molecule has 0 bridgehead atoms. The standard InChI is InChI=1S/C15H20ClN3O5S/c16-12-4-1-2-5-13(12)25(23,24)19-10-8-18(9-11-19)15(22)17-7-3-6-14(20)21/h1-2,4-5H,3,6-11H2,(H,17,22)(H,20,21). The molecule has 2 amide bonds. The number of nitrogens with zero attached hydrogens (tertiary/aromatic N) is 2. The molecule has 0 aromatic heterocycles. The molecule has 2 rings (SSSR count). The molecule has 8 nitrogen and oxygen atoms in total. The van der Waals surface area contributed by atoms with E-state index in [1.807, 2.05) is 0 Å². The van der Waals surface area contributed by atoms with Gasteiger partial charge in [-0.15, -0.1) is 0 Å². The van der Waals surface area contributed by atoms with Gasteiger partial charge >= 0.3 is 12.0 Å². The number of hydrogen-bond acceptors (Lipinski definition) is 4. The van der Waals surface area contributed by atoms with E-state index in [2.05, 4.69) is 5.32 Å². The van der Waals surface area contributed by atoms with Crippen molar-refractivity contribution in [3.05, 3.63) is 29.3 Å². The number of carboxylic acids is 1. The van der Waals surface area contributed by atoms with Gasteiger partial charge in [-0.05, 0) is 18.6 Å². The molecule has 2 N–H and O–H groups in total. The number of aliphatic carboxylic acids is 1. The maximum Gasteiger partial charge on any atom is 0.317 e. The molecule has 0 saturated carbocycles. The van der Waals surface area contributed by atoms with E-state index >= 15 is 0 Å². The minimum absolute atomic E-state index is 0.00979. The summed E-state index contributed by atoms with van der Waals surface area (Å²) in [6, 6.07) is 5.93. The maximum absolute atomic E-state index is 12.6. The molecule has 1 saturated heterocycles. The van der Waals surface area contributed by atoms with Crippen LogP contribution < -0.4 is 5.32 Å². The SMILES string of the molecule is O=C(O)CCCNC(=O)N1CCN(S(=O)(=O)c2ccccc2Cl)CC1. The zero-order chi connectivity index (χ0) is 18.4. The first-order chi connectivity index (χ1) is 11.8. The van der Waals surface area contributed by atoms with Crippen molar-refractivity contribution in [2.24, 2.45) is 0 Å². The van der Waals surface area contributed by atoms with Crippen molar-refractivity contribution in [2.75, 3.05) is 32.7 Å². The fourth-order valence-corrected chi connectivity index (χ4v) is 4.39. The zero-order valence-electron chi connectivity index (χ0n) is 13.5. The Morgan fingerprint density at radius 3 is 2.40 bits per heavy atom. The van der Waals surface area contributed by atoms with Gasteiger partial charge in [-0.2, -0.15) is 4.31 Å². The molecule has 1 aliphatic heterocycles. The molecule has 1 aliphatic rings. The lowest BCUT2D eigenvalue weighted by Crippen LogP contribution is -2.53. The number of carbonyl (C=O) groups excluding carboxylic acids is 1. The van der Waals surface area contributed by atoms with Crippen LogP contribution in [0.5, 0.6) is 0 Å². The van der Waals surface area contributed by atoms with Crippen LogP contribution in [-0.2, 0) is 14.8 Å². The first-order valence-corrected chi connectivity index (χ1v) is 9.63. The number of halogens is 1. The van der Waals surface area contributed by atoms with Crippen LogP contribution in [0.15, 0.2) is 29.2 Å². The van der Waals surface area contributed by atoms with Crippen molar-refractivity contribution in [3.8, 4) is 0 Å². The highest BCUT2D eigenvalue weighted by Crippen LogP contribution is 2.24. The van der Waals surface area contributed by atoms with Crippen LogP contribution in [0.4, 0.5) is 4.79 Å². The van der Waals surface area contributed by atoms with E-state index in [0.717, 1.165) is 0 Å². The summed E-state index contributed by atoms with van der Waals surface area (Å²) in [5, 5.41) is 11.4. The summed E-state index contributed by atoms with van der Waals surface area (Å²) < 4.78 is 26.6. The van der Waals surface area contributed by atoms with Gasteiger partial charge in [0, 0.05) is 39.1 Å². The molecular weight excluding hydrogens is 370 g/mol. The summed E-state index contributed by atoms with van der Waals surface area (Å²) in [5.41, 5.74) is 0. The summed E-state index contributed by atoms with van der Waals surface area (Å²) in [6.07, 6.45) is 0.339. The van der Waals surface area contributed by atoms with E-state index in [1.165, 1.54) is 21.3 Å². The van der Waals surface area contributed by atoms with E-state index in [4.69, 9.17) is 16.7 Å². The Hall–Kier alpha value is -1.84. The third-order valence-electron chi connectivity index (χ3n) is 3.82. The van der Waals surface area contributed by atoms with Gasteiger partial charge in [0.25, 0.3) is 0 Å². The number of urea groups is 1. The van der Waals surface area contributed by atoms with Crippen molar-refractivity contribution in [1.82, 2.24) is 14.5 Å². The molecule has 0 unspecified atom stereocenters. The van der Waals surface area contributed by atoms with Crippen molar-refractivity contribution in [1.29, 1.82) is 0 Å². The molecule has 1 aromatic carbocycles. The Kier molecular flexibility index (Phi) is 6.63. The van der Waals surface area contributed by atoms with Crippen molar-refractivity contribution in [2.45, 2.75) is 17.7 Å². The summed E-state index contributed by atoms with van der Waals surface area (Å²) >= 11 is 5.98. The molecule has 1 fully saturated rings. The summed E-state index contributed by atoms with van der Waals surface area (Å²) in [5.74, 6) is -0.910. The van der Waals surface area contributed by atoms with E-state index in [0.29, 0.717) is 6.42 Å². The molecule has 0 aliphatic carbocycles. The average molecular weight is 390 g/mol. The van der Waals surface area contributed by atoms with Crippen molar-refractivity contribution >= 4 is 33.6 Å². The zero-order valence-corrected chi connectivity index (χ0v) is 15.1. The Bertz CT molecular complexity index is 732. The highest BCUT2D eigenvalue weighted by molar-refractivity contribution is 7.89. The van der Waals surface area contributed by atoms with E-state index in [-0.39, 0.29) is 55.1 Å². The number of carbonyl (C=O) groups is 2. The smallest absolute Gasteiger partial charge is 0.317 e. The second-order valence-electron chi connectivity index (χ2n) is 5.55. The number of sulfonamides is 1. The fraction of sp³-hybridized carbons (Fsp3) is 0.467. The summed E-state index contributed by atoms with van der Waals surface area (Å²) in [6.45, 7) is 1.14. The lowest BCUT2D eigenvalue weighted by molar-refractivity contribution is -0.137. The topological polar surface area (TPSA) is 107 Å². The Balaban J connectivity index is 1.88. The van der Waals surface area contributed by atoms with Gasteiger partial charge < -0.3 is 15.3 Å². The first kappa shape index (κ1) is 19.5. The Morgan fingerprint density at radius 1 is 1.16 bits per heavy atom. The van der Waals surface area contributed by atoms with Gasteiger partial charge in [0.1, 0.15) is 4.90 Å². The molecule has 0 spiro atoms. The molecular formula is C15H20ClN3O5S. The van der Waals surface area contributed by atoms with Gasteiger partial charge in [0.05, 0.1) is 5.02 Å². The molecule has 25 heavy (non-hydrogen) atoms. The predicted molar refractivity (Wildman–Crippen MR) is 92.1 cm³/mol. The number of nitrogens with one attached hydrogen (secondary N) is 1. The monoisotopic (exact) mass is 389 g/mol. The number of rotatable bonds is 6. The van der Waals surface area contributed by atoms with Gasteiger partial charge in [-0.25, -0.2) is 13.2 Å². The van der Waals surface area contributed by atoms with Crippen LogP contribution >= 0.6 is 11.6 Å². The van der Waals surface area contributed by atoms with Crippen molar-refractivity contribution < 1.29 is 23.1 Å². The quantitative estimate of drug-likeness (QED) is 0.711. The molecule has 10 heteroatoms. The Morgan fingerprint density at radius 2 is 1.80 bits per heavy atom. The second kappa shape index (κ2) is 8.50. The lowest BCUT2D eigenvalue weighted by Gasteiger charge is -2.34. The van der Waals surface area contributed by atoms with E-state index < -0.39 is 16.0 Å². The lowest BCUT2D eigenvalue weighted by atomic mass is 10.3. The number of amides is 2. The average Bonchev–Trinajstić information content (AvgIpc) is 2.58. The molecule has 1 heterocycles. The molecule has 0 atom stereocenters. The fourth-order valence-electron chi connectivity index (χ4n) is 2.47. The second-order valence-corrected chi connectivity index (χ2v) is 7.86. The number of carboxylic acid groups (broad SMARTS) is 1. The highest BCUT2D eigenvalue weighted by atomic mass is 35.5. The molecule has 0 radical (unpaired) electrons. The molecule has 1 aromatic rings. The maximum atomic E-state index is 12.6. The van der Waals surface area contributed by atoms with Crippen LogP contribution in [0.2, 0.25) is 5.02 Å². The summed E-state index contributed by atoms with van der Waals surface area (Å²) in [4.78, 5) is 24.0. The van der Waals surface area contributed by atoms with Crippen LogP contribution in [0.3, 0.4) is 0 Å². The van der Waals surface area contributed by atoms with Crippen LogP contribution in [-0.4, -0.2) is 67.5 Å². The Labute approximate surface area is 151 Å². The van der Waals surface area contributed by atoms with Gasteiger partial charge in [0.2, 0.25) is 10.0 Å². The number of hydrogen-bond donors (Lipinski definition) is 2. The van der Waals surface area contributed by atoms with Gasteiger partial charge in [-0.3, -0.25) is 4.79 Å². The van der Waals surface area contributed by atoms with Crippen LogP contribution in [0, 0.1) is 0 Å². The third kappa shape index (κ3) is 5.07. The van der Waals surface area contributed by atoms with Crippen LogP contribution in [0.25, 0.3) is 0 Å². The minimum Gasteiger partial charge on any atom is -0.481 e. The first-order valence-electron chi connectivity index (χ1n) is 7.81.